The average molecular weight is 285 g/mol. The van der Waals surface area contributed by atoms with Crippen molar-refractivity contribution in [1.82, 2.24) is 0 Å². The highest BCUT2D eigenvalue weighted by atomic mass is 16.4. The predicted molar refractivity (Wildman–Crippen MR) is 63.8 cm³/mol. The Bertz CT molecular complexity index is 233. The molecule has 13 N–H and O–H groups in total. The zero-order chi connectivity index (χ0) is 16.4. The van der Waals surface area contributed by atoms with Gasteiger partial charge < -0.3 is 44.0 Å². The van der Waals surface area contributed by atoms with Crippen molar-refractivity contribution in [3.05, 3.63) is 0 Å². The standard InChI is InChI=1S/3C2H5NO2.CH4N2O/c3*3-1-2(4)5;2-1(3)4/h3*1,3H2,(H,4,5);(H4,2,3,4). The third-order valence-corrected chi connectivity index (χ3v) is 0.524. The van der Waals surface area contributed by atoms with Gasteiger partial charge in [-0.1, -0.05) is 0 Å². The van der Waals surface area contributed by atoms with E-state index in [-0.39, 0.29) is 19.6 Å². The summed E-state index contributed by atoms with van der Waals surface area (Å²) in [5, 5.41) is 22.8. The quantitative estimate of drug-likeness (QED) is 0.250. The van der Waals surface area contributed by atoms with E-state index < -0.39 is 23.9 Å². The van der Waals surface area contributed by atoms with Crippen LogP contribution < -0.4 is 28.7 Å². The lowest BCUT2D eigenvalue weighted by Crippen LogP contribution is -2.18. The van der Waals surface area contributed by atoms with E-state index in [1.54, 1.807) is 0 Å². The van der Waals surface area contributed by atoms with Gasteiger partial charge in [-0.15, -0.1) is 0 Å². The van der Waals surface area contributed by atoms with Crippen LogP contribution in [-0.2, 0) is 14.4 Å². The predicted octanol–water partition coefficient (Wildman–Crippen LogP) is -3.89. The number of carbonyl (C=O) groups is 4. The van der Waals surface area contributed by atoms with Crippen molar-refractivity contribution in [1.29, 1.82) is 0 Å². The molecule has 0 aliphatic carbocycles. The fourth-order valence-electron chi connectivity index (χ4n) is 0. The van der Waals surface area contributed by atoms with Gasteiger partial charge in [0.15, 0.2) is 0 Å². The number of urea groups is 1. The van der Waals surface area contributed by atoms with Crippen LogP contribution in [0.1, 0.15) is 0 Å². The van der Waals surface area contributed by atoms with E-state index in [0.29, 0.717) is 0 Å². The summed E-state index contributed by atoms with van der Waals surface area (Å²) < 4.78 is 0. The molecule has 0 heterocycles. The molecular formula is C7H19N5O7. The van der Waals surface area contributed by atoms with Crippen LogP contribution in [0.2, 0.25) is 0 Å². The highest BCUT2D eigenvalue weighted by Crippen LogP contribution is 1.44. The number of hydrogen-bond donors (Lipinski definition) is 8. The summed E-state index contributed by atoms with van der Waals surface area (Å²) in [4.78, 5) is 36.7. The minimum atomic E-state index is -0.968. The number of carboxylic acids is 3. The molecule has 0 bridgehead atoms. The van der Waals surface area contributed by atoms with Crippen LogP contribution >= 0.6 is 0 Å². The van der Waals surface area contributed by atoms with Crippen molar-refractivity contribution in [3.63, 3.8) is 0 Å². The molecule has 0 rings (SSSR count). The van der Waals surface area contributed by atoms with E-state index in [1.165, 1.54) is 0 Å². The summed E-state index contributed by atoms with van der Waals surface area (Å²) in [6, 6.07) is -0.833. The lowest BCUT2D eigenvalue weighted by molar-refractivity contribution is -0.136. The van der Waals surface area contributed by atoms with E-state index in [2.05, 4.69) is 28.7 Å². The van der Waals surface area contributed by atoms with Gasteiger partial charge in [-0.3, -0.25) is 14.4 Å². The maximum absolute atomic E-state index is 9.24. The maximum Gasteiger partial charge on any atom is 0.317 e. The lowest BCUT2D eigenvalue weighted by Gasteiger charge is -1.73. The average Bonchev–Trinajstić information content (AvgIpc) is 2.29. The molecule has 0 atom stereocenters. The van der Waals surface area contributed by atoms with Crippen molar-refractivity contribution in [3.8, 4) is 0 Å². The number of amides is 2. The molecule has 0 fully saturated rings. The monoisotopic (exact) mass is 285 g/mol. The number of carboxylic acid groups (broad SMARTS) is 3. The molecule has 0 spiro atoms. The molecule has 0 unspecified atom stereocenters. The SMILES string of the molecule is NC(N)=O.NCC(=O)O.NCC(=O)O.NCC(=O)O. The van der Waals surface area contributed by atoms with E-state index in [9.17, 15) is 14.4 Å². The first-order valence-electron chi connectivity index (χ1n) is 4.35. The second-order valence-electron chi connectivity index (χ2n) is 2.20. The van der Waals surface area contributed by atoms with E-state index in [0.717, 1.165) is 0 Å². The Hall–Kier alpha value is -2.44. The zero-order valence-electron chi connectivity index (χ0n) is 9.98. The van der Waals surface area contributed by atoms with Gasteiger partial charge in [0.05, 0.1) is 19.6 Å². The number of aliphatic carboxylic acids is 3. The van der Waals surface area contributed by atoms with Crippen molar-refractivity contribution >= 4 is 23.9 Å². The summed E-state index contributed by atoms with van der Waals surface area (Å²) in [5.74, 6) is -2.90. The Balaban J connectivity index is -0.0000000793. The third kappa shape index (κ3) is 226. The van der Waals surface area contributed by atoms with Crippen LogP contribution in [-0.4, -0.2) is 58.9 Å². The molecule has 0 aromatic rings. The highest BCUT2D eigenvalue weighted by Gasteiger charge is 1.81. The Labute approximate surface area is 108 Å². The topological polar surface area (TPSA) is 259 Å². The summed E-state index contributed by atoms with van der Waals surface area (Å²) in [5.41, 5.74) is 22.2. The maximum atomic E-state index is 9.24. The Morgan fingerprint density at radius 1 is 0.632 bits per heavy atom. The van der Waals surface area contributed by atoms with Gasteiger partial charge >= 0.3 is 23.9 Å². The molecule has 0 aromatic carbocycles. The van der Waals surface area contributed by atoms with Gasteiger partial charge in [-0.2, -0.15) is 0 Å². The molecular weight excluding hydrogens is 266 g/mol. The minimum Gasteiger partial charge on any atom is -0.480 e. The smallest absolute Gasteiger partial charge is 0.317 e. The molecule has 0 radical (unpaired) electrons. The minimum absolute atomic E-state index is 0.278. The van der Waals surface area contributed by atoms with Crippen LogP contribution in [0.25, 0.3) is 0 Å². The number of primary amides is 2. The van der Waals surface area contributed by atoms with Crippen LogP contribution in [0.4, 0.5) is 4.79 Å². The van der Waals surface area contributed by atoms with Crippen molar-refractivity contribution in [2.45, 2.75) is 0 Å². The van der Waals surface area contributed by atoms with Crippen LogP contribution in [0.15, 0.2) is 0 Å². The van der Waals surface area contributed by atoms with E-state index in [1.807, 2.05) is 0 Å². The van der Waals surface area contributed by atoms with Crippen LogP contribution in [0.3, 0.4) is 0 Å². The molecule has 0 saturated heterocycles. The van der Waals surface area contributed by atoms with Gasteiger partial charge in [-0.05, 0) is 0 Å². The van der Waals surface area contributed by atoms with Gasteiger partial charge in [0, 0.05) is 0 Å². The summed E-state index contributed by atoms with van der Waals surface area (Å²) in [6.07, 6.45) is 0. The normalized spacial score (nSPS) is 7.11. The van der Waals surface area contributed by atoms with Crippen molar-refractivity contribution in [2.75, 3.05) is 19.6 Å². The first kappa shape index (κ1) is 25.4. The number of hydrogen-bond acceptors (Lipinski definition) is 7. The fraction of sp³-hybridized carbons (Fsp3) is 0.429. The first-order chi connectivity index (χ1) is 8.54. The van der Waals surface area contributed by atoms with Gasteiger partial charge in [-0.25, -0.2) is 4.79 Å². The van der Waals surface area contributed by atoms with Gasteiger partial charge in [0.25, 0.3) is 0 Å². The number of nitrogens with two attached hydrogens (primary N) is 5. The molecule has 0 saturated carbocycles. The lowest BCUT2D eigenvalue weighted by atomic mass is 10.7. The van der Waals surface area contributed by atoms with E-state index >= 15 is 0 Å². The van der Waals surface area contributed by atoms with Crippen molar-refractivity contribution < 1.29 is 34.5 Å². The Morgan fingerprint density at radius 3 is 0.684 bits per heavy atom. The largest absolute Gasteiger partial charge is 0.480 e. The molecule has 0 aliphatic rings. The Kier molecular flexibility index (Phi) is 28.0. The third-order valence-electron chi connectivity index (χ3n) is 0.524. The number of carbonyl (C=O) groups excluding carboxylic acids is 1. The summed E-state index contributed by atoms with van der Waals surface area (Å²) in [7, 11) is 0. The molecule has 12 heteroatoms. The molecule has 0 aliphatic heterocycles. The van der Waals surface area contributed by atoms with Crippen molar-refractivity contribution in [2.24, 2.45) is 28.7 Å². The van der Waals surface area contributed by atoms with Gasteiger partial charge in [0.1, 0.15) is 0 Å². The molecule has 19 heavy (non-hydrogen) atoms. The summed E-state index contributed by atoms with van der Waals surface area (Å²) in [6.45, 7) is -0.833. The van der Waals surface area contributed by atoms with Crippen LogP contribution in [0.5, 0.6) is 0 Å². The second-order valence-corrected chi connectivity index (χ2v) is 2.20. The second kappa shape index (κ2) is 20.9. The Morgan fingerprint density at radius 2 is 0.684 bits per heavy atom. The van der Waals surface area contributed by atoms with Gasteiger partial charge in [0.2, 0.25) is 0 Å². The van der Waals surface area contributed by atoms with Crippen LogP contribution in [0, 0.1) is 0 Å². The highest BCUT2D eigenvalue weighted by molar-refractivity contribution is 5.69. The first-order valence-corrected chi connectivity index (χ1v) is 4.35. The molecule has 114 valence electrons. The molecule has 12 nitrogen and oxygen atoms in total. The molecule has 2 amide bonds. The number of rotatable bonds is 3. The molecule has 0 aromatic heterocycles. The fourth-order valence-corrected chi connectivity index (χ4v) is 0. The van der Waals surface area contributed by atoms with E-state index in [4.69, 9.17) is 20.1 Å². The summed E-state index contributed by atoms with van der Waals surface area (Å²) >= 11 is 0. The zero-order valence-corrected chi connectivity index (χ0v) is 9.98.